The molecule has 0 bridgehead atoms. The third-order valence-corrected chi connectivity index (χ3v) is 5.81. The normalized spacial score (nSPS) is 11.2. The molecule has 0 saturated carbocycles. The van der Waals surface area contributed by atoms with Gasteiger partial charge >= 0.3 is 5.63 Å². The van der Waals surface area contributed by atoms with E-state index in [1.54, 1.807) is 56.7 Å². The van der Waals surface area contributed by atoms with Crippen LogP contribution in [0, 0.1) is 6.92 Å². The first-order valence-electron chi connectivity index (χ1n) is 9.57. The smallest absolute Gasteiger partial charge is 0.344 e. The lowest BCUT2D eigenvalue weighted by Gasteiger charge is -2.10. The summed E-state index contributed by atoms with van der Waals surface area (Å²) >= 11 is 1.41. The predicted molar refractivity (Wildman–Crippen MR) is 123 cm³/mol. The molecule has 4 rings (SSSR count). The number of rotatable bonds is 6. The van der Waals surface area contributed by atoms with Gasteiger partial charge in [0, 0.05) is 5.39 Å². The Kier molecular flexibility index (Phi) is 5.73. The minimum Gasteiger partial charge on any atom is -0.493 e. The van der Waals surface area contributed by atoms with Crippen molar-refractivity contribution in [2.45, 2.75) is 6.92 Å². The Morgan fingerprint density at radius 2 is 1.84 bits per heavy atom. The average Bonchev–Trinajstić information content (AvgIpc) is 3.32. The van der Waals surface area contributed by atoms with Gasteiger partial charge < -0.3 is 13.9 Å². The van der Waals surface area contributed by atoms with Gasteiger partial charge in [0.15, 0.2) is 17.3 Å². The quantitative estimate of drug-likeness (QED) is 0.221. The van der Waals surface area contributed by atoms with Crippen LogP contribution in [-0.2, 0) is 0 Å². The standard InChI is InChI=1S/C25H20O5S/c1-15-11-16(6-8-20(26)23-5-4-10-31-23)12-18-13-19(25(27)30-24(15)18)17-7-9-21(28-2)22(14-17)29-3/h4-14H,1-3H3/b8-6+. The average molecular weight is 432 g/mol. The Balaban J connectivity index is 1.77. The lowest BCUT2D eigenvalue weighted by atomic mass is 10.0. The number of carbonyl (C=O) groups is 1. The highest BCUT2D eigenvalue weighted by Gasteiger charge is 2.13. The van der Waals surface area contributed by atoms with E-state index < -0.39 is 5.63 Å². The monoisotopic (exact) mass is 432 g/mol. The van der Waals surface area contributed by atoms with Crippen LogP contribution >= 0.6 is 11.3 Å². The van der Waals surface area contributed by atoms with Crippen molar-refractivity contribution in [2.75, 3.05) is 14.2 Å². The van der Waals surface area contributed by atoms with E-state index in [-0.39, 0.29) is 5.78 Å². The zero-order valence-electron chi connectivity index (χ0n) is 17.3. The summed E-state index contributed by atoms with van der Waals surface area (Å²) in [6.07, 6.45) is 3.33. The van der Waals surface area contributed by atoms with Crippen LogP contribution in [-0.4, -0.2) is 20.0 Å². The van der Waals surface area contributed by atoms with Gasteiger partial charge in [-0.1, -0.05) is 18.2 Å². The molecule has 0 atom stereocenters. The number of fused-ring (bicyclic) bond motifs is 1. The van der Waals surface area contributed by atoms with E-state index >= 15 is 0 Å². The summed E-state index contributed by atoms with van der Waals surface area (Å²) in [4.78, 5) is 25.6. The highest BCUT2D eigenvalue weighted by molar-refractivity contribution is 7.12. The molecule has 0 spiro atoms. The molecule has 0 radical (unpaired) electrons. The minimum atomic E-state index is -0.431. The van der Waals surface area contributed by atoms with Crippen LogP contribution in [0.3, 0.4) is 0 Å². The fourth-order valence-corrected chi connectivity index (χ4v) is 4.06. The molecular formula is C25H20O5S. The summed E-state index contributed by atoms with van der Waals surface area (Å²) in [6, 6.07) is 14.5. The van der Waals surface area contributed by atoms with Crippen molar-refractivity contribution in [3.05, 3.63) is 86.4 Å². The van der Waals surface area contributed by atoms with E-state index in [1.807, 2.05) is 30.5 Å². The lowest BCUT2D eigenvalue weighted by molar-refractivity contribution is 0.105. The molecule has 0 saturated heterocycles. The molecule has 4 aromatic rings. The van der Waals surface area contributed by atoms with Crippen LogP contribution in [0.15, 0.2) is 69.2 Å². The van der Waals surface area contributed by atoms with Crippen LogP contribution in [0.1, 0.15) is 20.8 Å². The summed E-state index contributed by atoms with van der Waals surface area (Å²) in [7, 11) is 3.10. The summed E-state index contributed by atoms with van der Waals surface area (Å²) in [5, 5.41) is 2.64. The number of aryl methyl sites for hydroxylation is 1. The van der Waals surface area contributed by atoms with Crippen LogP contribution in [0.4, 0.5) is 0 Å². The first kappa shape index (κ1) is 20.6. The number of ether oxygens (including phenoxy) is 2. The second-order valence-corrected chi connectivity index (χ2v) is 7.90. The molecule has 6 heteroatoms. The zero-order chi connectivity index (χ0) is 22.0. The van der Waals surface area contributed by atoms with Crippen molar-refractivity contribution in [1.29, 1.82) is 0 Å². The van der Waals surface area contributed by atoms with Crippen molar-refractivity contribution < 1.29 is 18.7 Å². The number of methoxy groups -OCH3 is 2. The first-order valence-corrected chi connectivity index (χ1v) is 10.4. The minimum absolute atomic E-state index is 0.0432. The van der Waals surface area contributed by atoms with Crippen LogP contribution in [0.2, 0.25) is 0 Å². The maximum Gasteiger partial charge on any atom is 0.344 e. The van der Waals surface area contributed by atoms with Crippen molar-refractivity contribution in [3.8, 4) is 22.6 Å². The Hall–Kier alpha value is -3.64. The van der Waals surface area contributed by atoms with Crippen molar-refractivity contribution >= 4 is 34.2 Å². The van der Waals surface area contributed by atoms with Gasteiger partial charge in [0.1, 0.15) is 5.58 Å². The van der Waals surface area contributed by atoms with Crippen molar-refractivity contribution in [3.63, 3.8) is 0 Å². The molecule has 2 aromatic heterocycles. The molecule has 31 heavy (non-hydrogen) atoms. The van der Waals surface area contributed by atoms with E-state index in [0.717, 1.165) is 16.5 Å². The van der Waals surface area contributed by atoms with Gasteiger partial charge in [-0.25, -0.2) is 4.79 Å². The number of benzene rings is 2. The summed E-state index contributed by atoms with van der Waals surface area (Å²) < 4.78 is 16.3. The maximum absolute atomic E-state index is 12.7. The van der Waals surface area contributed by atoms with Crippen LogP contribution < -0.4 is 15.1 Å². The largest absolute Gasteiger partial charge is 0.493 e. The number of hydrogen-bond acceptors (Lipinski definition) is 6. The Morgan fingerprint density at radius 3 is 2.55 bits per heavy atom. The molecular weight excluding hydrogens is 412 g/mol. The molecule has 5 nitrogen and oxygen atoms in total. The second-order valence-electron chi connectivity index (χ2n) is 6.95. The van der Waals surface area contributed by atoms with E-state index in [2.05, 4.69) is 0 Å². The molecule has 0 aliphatic rings. The summed E-state index contributed by atoms with van der Waals surface area (Å²) in [6.45, 7) is 1.87. The number of allylic oxidation sites excluding steroid dienone is 1. The highest BCUT2D eigenvalue weighted by atomic mass is 32.1. The van der Waals surface area contributed by atoms with E-state index in [0.29, 0.717) is 33.1 Å². The zero-order valence-corrected chi connectivity index (χ0v) is 18.1. The molecule has 0 N–H and O–H groups in total. The predicted octanol–water partition coefficient (Wildman–Crippen LogP) is 5.74. The molecule has 0 aliphatic carbocycles. The topological polar surface area (TPSA) is 65.7 Å². The van der Waals surface area contributed by atoms with Crippen LogP contribution in [0.25, 0.3) is 28.2 Å². The van der Waals surface area contributed by atoms with Crippen molar-refractivity contribution in [2.24, 2.45) is 0 Å². The number of thiophene rings is 1. The van der Waals surface area contributed by atoms with Crippen LogP contribution in [0.5, 0.6) is 11.5 Å². The maximum atomic E-state index is 12.7. The fraction of sp³-hybridized carbons (Fsp3) is 0.120. The summed E-state index contributed by atoms with van der Waals surface area (Å²) in [5.41, 5.74) is 2.84. The van der Waals surface area contributed by atoms with E-state index in [1.165, 1.54) is 11.3 Å². The second kappa shape index (κ2) is 8.62. The van der Waals surface area contributed by atoms with Gasteiger partial charge in [-0.2, -0.15) is 0 Å². The SMILES string of the molecule is COc1ccc(-c2cc3cc(/C=C/C(=O)c4cccs4)cc(C)c3oc2=O)cc1OC. The molecule has 0 unspecified atom stereocenters. The molecule has 156 valence electrons. The van der Waals surface area contributed by atoms with Gasteiger partial charge in [0.05, 0.1) is 24.7 Å². The molecule has 0 fully saturated rings. The Morgan fingerprint density at radius 1 is 1.03 bits per heavy atom. The summed E-state index contributed by atoms with van der Waals surface area (Å²) in [5.74, 6) is 1.06. The van der Waals surface area contributed by atoms with Gasteiger partial charge in [-0.3, -0.25) is 4.79 Å². The molecule has 2 aromatic carbocycles. The van der Waals surface area contributed by atoms with Crippen molar-refractivity contribution in [1.82, 2.24) is 0 Å². The number of carbonyl (C=O) groups excluding carboxylic acids is 1. The Bertz CT molecular complexity index is 1350. The highest BCUT2D eigenvalue weighted by Crippen LogP contribution is 2.32. The lowest BCUT2D eigenvalue weighted by Crippen LogP contribution is -2.04. The Labute approximate surface area is 183 Å². The molecule has 2 heterocycles. The first-order chi connectivity index (χ1) is 15.0. The van der Waals surface area contributed by atoms with Gasteiger partial charge in [0.2, 0.25) is 0 Å². The third kappa shape index (κ3) is 4.15. The fourth-order valence-electron chi connectivity index (χ4n) is 3.41. The van der Waals surface area contributed by atoms with E-state index in [4.69, 9.17) is 13.9 Å². The number of ketones is 1. The molecule has 0 amide bonds. The number of hydrogen-bond donors (Lipinski definition) is 0. The van der Waals surface area contributed by atoms with Gasteiger partial charge in [-0.05, 0) is 71.5 Å². The third-order valence-electron chi connectivity index (χ3n) is 4.93. The van der Waals surface area contributed by atoms with Gasteiger partial charge in [0.25, 0.3) is 0 Å². The van der Waals surface area contributed by atoms with Gasteiger partial charge in [-0.15, -0.1) is 11.3 Å². The molecule has 0 aliphatic heterocycles. The van der Waals surface area contributed by atoms with E-state index in [9.17, 15) is 9.59 Å².